The van der Waals surface area contributed by atoms with E-state index in [-0.39, 0.29) is 5.91 Å². The number of benzene rings is 2. The summed E-state index contributed by atoms with van der Waals surface area (Å²) in [6.45, 7) is 2.12. The molecule has 7 heteroatoms. The molecule has 0 aromatic heterocycles. The number of amides is 1. The summed E-state index contributed by atoms with van der Waals surface area (Å²) >= 11 is 0. The molecule has 7 nitrogen and oxygen atoms in total. The van der Waals surface area contributed by atoms with Gasteiger partial charge in [-0.05, 0) is 29.8 Å². The number of hydrogen-bond acceptors (Lipinski definition) is 4. The van der Waals surface area contributed by atoms with Crippen LogP contribution in [0.25, 0.3) is 0 Å². The van der Waals surface area contributed by atoms with Crippen LogP contribution in [0.2, 0.25) is 0 Å². The van der Waals surface area contributed by atoms with Crippen LogP contribution in [0.1, 0.15) is 12.0 Å². The van der Waals surface area contributed by atoms with Crippen molar-refractivity contribution in [2.75, 3.05) is 33.9 Å². The molecular formula is C21H28N4O3. The maximum Gasteiger partial charge on any atom is 0.222 e. The molecule has 0 bridgehead atoms. The topological polar surface area (TPSA) is 84.0 Å². The molecule has 0 saturated carbocycles. The molecule has 0 heterocycles. The van der Waals surface area contributed by atoms with Gasteiger partial charge in [0.05, 0.1) is 13.7 Å². The number of guanidine groups is 1. The van der Waals surface area contributed by atoms with E-state index < -0.39 is 0 Å². The van der Waals surface area contributed by atoms with Gasteiger partial charge >= 0.3 is 0 Å². The highest BCUT2D eigenvalue weighted by Crippen LogP contribution is 2.16. The van der Waals surface area contributed by atoms with Gasteiger partial charge in [-0.15, -0.1) is 0 Å². The smallest absolute Gasteiger partial charge is 0.222 e. The highest BCUT2D eigenvalue weighted by Gasteiger charge is 2.03. The second-order valence-electron chi connectivity index (χ2n) is 5.96. The van der Waals surface area contributed by atoms with Gasteiger partial charge in [0, 0.05) is 26.6 Å². The normalized spacial score (nSPS) is 10.9. The van der Waals surface area contributed by atoms with E-state index in [2.05, 4.69) is 20.9 Å². The Kier molecular flexibility index (Phi) is 9.20. The van der Waals surface area contributed by atoms with Crippen molar-refractivity contribution in [3.63, 3.8) is 0 Å². The Morgan fingerprint density at radius 3 is 2.29 bits per heavy atom. The summed E-state index contributed by atoms with van der Waals surface area (Å²) in [6, 6.07) is 17.3. The van der Waals surface area contributed by atoms with Crippen molar-refractivity contribution in [2.45, 2.75) is 13.0 Å². The molecule has 2 aromatic rings. The molecule has 3 N–H and O–H groups in total. The molecule has 0 atom stereocenters. The number of rotatable bonds is 10. The predicted molar refractivity (Wildman–Crippen MR) is 111 cm³/mol. The second-order valence-corrected chi connectivity index (χ2v) is 5.96. The monoisotopic (exact) mass is 384 g/mol. The van der Waals surface area contributed by atoms with E-state index >= 15 is 0 Å². The quantitative estimate of drug-likeness (QED) is 0.331. The van der Waals surface area contributed by atoms with E-state index in [1.165, 1.54) is 0 Å². The zero-order valence-corrected chi connectivity index (χ0v) is 16.4. The van der Waals surface area contributed by atoms with Gasteiger partial charge in [0.15, 0.2) is 5.96 Å². The van der Waals surface area contributed by atoms with Crippen molar-refractivity contribution in [3.8, 4) is 11.5 Å². The summed E-state index contributed by atoms with van der Waals surface area (Å²) < 4.78 is 10.8. The Balaban J connectivity index is 1.57. The highest BCUT2D eigenvalue weighted by atomic mass is 16.5. The predicted octanol–water partition coefficient (Wildman–Crippen LogP) is 1.95. The number of nitrogens with zero attached hydrogens (tertiary/aromatic N) is 1. The fourth-order valence-corrected chi connectivity index (χ4v) is 2.41. The number of ether oxygens (including phenoxy) is 2. The zero-order chi connectivity index (χ0) is 20.0. The van der Waals surface area contributed by atoms with Crippen LogP contribution in [0.15, 0.2) is 59.6 Å². The number of methoxy groups -OCH3 is 1. The maximum atomic E-state index is 11.9. The van der Waals surface area contributed by atoms with Crippen LogP contribution >= 0.6 is 0 Å². The first-order chi connectivity index (χ1) is 13.7. The summed E-state index contributed by atoms with van der Waals surface area (Å²) in [4.78, 5) is 16.0. The maximum absolute atomic E-state index is 11.9. The summed E-state index contributed by atoms with van der Waals surface area (Å²) in [5.41, 5.74) is 1.08. The summed E-state index contributed by atoms with van der Waals surface area (Å²) in [5.74, 6) is 2.20. The van der Waals surface area contributed by atoms with Crippen molar-refractivity contribution in [2.24, 2.45) is 4.99 Å². The van der Waals surface area contributed by atoms with Crippen molar-refractivity contribution < 1.29 is 14.3 Å². The van der Waals surface area contributed by atoms with Crippen LogP contribution in [0.4, 0.5) is 0 Å². The number of carbonyl (C=O) groups is 1. The van der Waals surface area contributed by atoms with Crippen molar-refractivity contribution in [1.82, 2.24) is 16.0 Å². The Morgan fingerprint density at radius 1 is 0.929 bits per heavy atom. The van der Waals surface area contributed by atoms with Gasteiger partial charge in [-0.25, -0.2) is 0 Å². The fraction of sp³-hybridized carbons (Fsp3) is 0.333. The van der Waals surface area contributed by atoms with E-state index in [4.69, 9.17) is 9.47 Å². The summed E-state index contributed by atoms with van der Waals surface area (Å²) in [7, 11) is 3.32. The Bertz CT molecular complexity index is 733. The third-order valence-corrected chi connectivity index (χ3v) is 3.92. The van der Waals surface area contributed by atoms with Gasteiger partial charge < -0.3 is 25.4 Å². The SMILES string of the molecule is CN=C(NCCOc1ccc(OC)cc1)NCCC(=O)NCc1ccccc1. The van der Waals surface area contributed by atoms with Crippen LogP contribution in [0.3, 0.4) is 0 Å². The molecule has 2 aromatic carbocycles. The lowest BCUT2D eigenvalue weighted by Gasteiger charge is -2.13. The Labute approximate surface area is 166 Å². The lowest BCUT2D eigenvalue weighted by molar-refractivity contribution is -0.121. The minimum atomic E-state index is -0.00496. The number of carbonyl (C=O) groups excluding carboxylic acids is 1. The van der Waals surface area contributed by atoms with Gasteiger partial charge in [0.25, 0.3) is 0 Å². The lowest BCUT2D eigenvalue weighted by Crippen LogP contribution is -2.40. The first-order valence-corrected chi connectivity index (χ1v) is 9.23. The average Bonchev–Trinajstić information content (AvgIpc) is 2.75. The molecule has 0 aliphatic heterocycles. The molecule has 0 aliphatic rings. The summed E-state index contributed by atoms with van der Waals surface area (Å²) in [5, 5.41) is 9.17. The first-order valence-electron chi connectivity index (χ1n) is 9.23. The van der Waals surface area contributed by atoms with E-state index in [0.29, 0.717) is 38.6 Å². The Hall–Kier alpha value is -3.22. The lowest BCUT2D eigenvalue weighted by atomic mass is 10.2. The number of aliphatic imine (C=N–C) groups is 1. The largest absolute Gasteiger partial charge is 0.497 e. The van der Waals surface area contributed by atoms with Gasteiger partial charge in [0.1, 0.15) is 18.1 Å². The van der Waals surface area contributed by atoms with Crippen LogP contribution in [0, 0.1) is 0 Å². The third kappa shape index (κ3) is 7.99. The molecular weight excluding hydrogens is 356 g/mol. The number of hydrogen-bond donors (Lipinski definition) is 3. The van der Waals surface area contributed by atoms with Crippen LogP contribution in [-0.4, -0.2) is 45.7 Å². The third-order valence-electron chi connectivity index (χ3n) is 3.92. The molecule has 0 unspecified atom stereocenters. The second kappa shape index (κ2) is 12.2. The molecule has 1 amide bonds. The van der Waals surface area contributed by atoms with E-state index in [1.807, 2.05) is 54.6 Å². The fourth-order valence-electron chi connectivity index (χ4n) is 2.41. The van der Waals surface area contributed by atoms with E-state index in [1.54, 1.807) is 14.2 Å². The van der Waals surface area contributed by atoms with E-state index in [9.17, 15) is 4.79 Å². The molecule has 0 fully saturated rings. The van der Waals surface area contributed by atoms with Crippen molar-refractivity contribution >= 4 is 11.9 Å². The van der Waals surface area contributed by atoms with Gasteiger partial charge in [-0.3, -0.25) is 9.79 Å². The highest BCUT2D eigenvalue weighted by molar-refractivity contribution is 5.81. The van der Waals surface area contributed by atoms with Gasteiger partial charge in [-0.2, -0.15) is 0 Å². The molecule has 28 heavy (non-hydrogen) atoms. The molecule has 0 radical (unpaired) electrons. The van der Waals surface area contributed by atoms with Crippen LogP contribution < -0.4 is 25.4 Å². The van der Waals surface area contributed by atoms with Crippen molar-refractivity contribution in [1.29, 1.82) is 0 Å². The zero-order valence-electron chi connectivity index (χ0n) is 16.4. The van der Waals surface area contributed by atoms with Crippen LogP contribution in [0.5, 0.6) is 11.5 Å². The molecule has 0 aliphatic carbocycles. The minimum Gasteiger partial charge on any atom is -0.497 e. The molecule has 0 saturated heterocycles. The standard InChI is InChI=1S/C21H28N4O3/c1-22-21(24-14-15-28-19-10-8-18(27-2)9-11-19)23-13-12-20(26)25-16-17-6-4-3-5-7-17/h3-11H,12-16H2,1-2H3,(H,25,26)(H2,22,23,24). The van der Waals surface area contributed by atoms with Gasteiger partial charge in [0.2, 0.25) is 5.91 Å². The van der Waals surface area contributed by atoms with Gasteiger partial charge in [-0.1, -0.05) is 30.3 Å². The van der Waals surface area contributed by atoms with Crippen LogP contribution in [-0.2, 0) is 11.3 Å². The average molecular weight is 384 g/mol. The summed E-state index contributed by atoms with van der Waals surface area (Å²) in [6.07, 6.45) is 0.371. The van der Waals surface area contributed by atoms with Crippen molar-refractivity contribution in [3.05, 3.63) is 60.2 Å². The molecule has 150 valence electrons. The minimum absolute atomic E-state index is 0.00496. The molecule has 0 spiro atoms. The van der Waals surface area contributed by atoms with E-state index in [0.717, 1.165) is 17.1 Å². The Morgan fingerprint density at radius 2 is 1.61 bits per heavy atom. The number of nitrogens with one attached hydrogen (secondary N) is 3. The molecule has 2 rings (SSSR count). The first kappa shape index (κ1) is 21.1.